The van der Waals surface area contributed by atoms with E-state index < -0.39 is 0 Å². The van der Waals surface area contributed by atoms with Gasteiger partial charge in [-0.15, -0.1) is 0 Å². The number of aromatic nitrogens is 3. The van der Waals surface area contributed by atoms with E-state index in [1.54, 1.807) is 56.6 Å². The van der Waals surface area contributed by atoms with E-state index in [9.17, 15) is 4.79 Å². The number of hydrogen-bond acceptors (Lipinski definition) is 7. The van der Waals surface area contributed by atoms with Gasteiger partial charge in [-0.2, -0.15) is 0 Å². The first-order chi connectivity index (χ1) is 14.4. The highest BCUT2D eigenvalue weighted by Gasteiger charge is 2.23. The zero-order valence-corrected chi connectivity index (χ0v) is 17.5. The maximum absolute atomic E-state index is 13.4. The van der Waals surface area contributed by atoms with Gasteiger partial charge in [0.1, 0.15) is 11.4 Å². The van der Waals surface area contributed by atoms with Gasteiger partial charge in [-0.3, -0.25) is 9.78 Å². The van der Waals surface area contributed by atoms with Crippen LogP contribution >= 0.6 is 0 Å². The number of methoxy groups -OCH3 is 1. The quantitative estimate of drug-likeness (QED) is 0.493. The number of rotatable bonds is 5. The average Bonchev–Trinajstić information content (AvgIpc) is 3.40. The number of hydrogen-bond donors (Lipinski definition) is 0. The number of amides is 1. The second-order valence-corrected chi connectivity index (χ2v) is 7.19. The number of carbonyl (C=O) groups is 1. The van der Waals surface area contributed by atoms with Crippen LogP contribution in [0.5, 0.6) is 5.75 Å². The Morgan fingerprint density at radius 3 is 2.77 bits per heavy atom. The topological polar surface area (TPSA) is 94.5 Å². The van der Waals surface area contributed by atoms with Crippen LogP contribution in [0.25, 0.3) is 22.6 Å². The molecule has 0 saturated heterocycles. The molecular formula is C22H22N4O4. The Morgan fingerprint density at radius 2 is 2.07 bits per heavy atom. The zero-order chi connectivity index (χ0) is 21.4. The third kappa shape index (κ3) is 3.30. The van der Waals surface area contributed by atoms with Crippen LogP contribution in [0.2, 0.25) is 0 Å². The van der Waals surface area contributed by atoms with Crippen molar-refractivity contribution in [3.05, 3.63) is 58.7 Å². The fraction of sp³-hybridized carbons (Fsp3) is 0.273. The molecule has 30 heavy (non-hydrogen) atoms. The largest absolute Gasteiger partial charge is 0.496 e. The van der Waals surface area contributed by atoms with Gasteiger partial charge in [0.2, 0.25) is 0 Å². The highest BCUT2D eigenvalue weighted by Crippen LogP contribution is 2.29. The average molecular weight is 406 g/mol. The van der Waals surface area contributed by atoms with Crippen molar-refractivity contribution in [3.8, 4) is 17.2 Å². The van der Waals surface area contributed by atoms with Crippen LogP contribution in [0, 0.1) is 20.8 Å². The number of fused-ring (bicyclic) bond motifs is 1. The van der Waals surface area contributed by atoms with Crippen molar-refractivity contribution in [1.29, 1.82) is 0 Å². The summed E-state index contributed by atoms with van der Waals surface area (Å²) in [5.74, 6) is 1.13. The van der Waals surface area contributed by atoms with Gasteiger partial charge in [0, 0.05) is 24.4 Å². The Balaban J connectivity index is 1.73. The van der Waals surface area contributed by atoms with Gasteiger partial charge in [0.05, 0.1) is 42.3 Å². The zero-order valence-electron chi connectivity index (χ0n) is 17.5. The van der Waals surface area contributed by atoms with E-state index in [1.165, 1.54) is 0 Å². The molecule has 0 aliphatic heterocycles. The van der Waals surface area contributed by atoms with Gasteiger partial charge in [-0.1, -0.05) is 5.16 Å². The molecule has 4 aromatic heterocycles. The number of ether oxygens (including phenoxy) is 1. The maximum Gasteiger partial charge on any atom is 0.259 e. The van der Waals surface area contributed by atoms with Crippen LogP contribution in [-0.4, -0.2) is 40.1 Å². The number of carbonyl (C=O) groups excluding carboxylic acids is 1. The summed E-state index contributed by atoms with van der Waals surface area (Å²) >= 11 is 0. The Bertz CT molecular complexity index is 1230. The SMILES string of the molecule is COc1c(C)cnc(CN(C)C(=O)c2cc(-c3ccco3)nc3onc(C)c23)c1C. The van der Waals surface area contributed by atoms with Crippen LogP contribution < -0.4 is 4.74 Å². The standard InChI is InChI=1S/C22H22N4O4/c1-12-10-23-17(13(2)20(12)28-5)11-26(4)22(27)15-9-16(18-7-6-8-29-18)24-21-19(15)14(3)25-30-21/h6-10H,11H2,1-5H3. The van der Waals surface area contributed by atoms with E-state index in [-0.39, 0.29) is 5.91 Å². The van der Waals surface area contributed by atoms with Crippen LogP contribution in [0.3, 0.4) is 0 Å². The summed E-state index contributed by atoms with van der Waals surface area (Å²) in [6.07, 6.45) is 3.31. The van der Waals surface area contributed by atoms with Crippen LogP contribution in [0.1, 0.15) is 32.9 Å². The summed E-state index contributed by atoms with van der Waals surface area (Å²) in [6.45, 7) is 5.99. The third-order valence-electron chi connectivity index (χ3n) is 5.10. The van der Waals surface area contributed by atoms with Crippen molar-refractivity contribution in [2.24, 2.45) is 0 Å². The minimum Gasteiger partial charge on any atom is -0.496 e. The number of aryl methyl sites for hydroxylation is 2. The van der Waals surface area contributed by atoms with Gasteiger partial charge in [-0.05, 0) is 39.0 Å². The predicted octanol–water partition coefficient (Wildman–Crippen LogP) is 4.08. The van der Waals surface area contributed by atoms with E-state index in [0.717, 1.165) is 22.6 Å². The van der Waals surface area contributed by atoms with Crippen LogP contribution in [0.15, 0.2) is 39.6 Å². The molecule has 0 aromatic carbocycles. The number of pyridine rings is 2. The Hall–Kier alpha value is -3.68. The van der Waals surface area contributed by atoms with E-state index in [4.69, 9.17) is 13.7 Å². The second-order valence-electron chi connectivity index (χ2n) is 7.19. The molecule has 8 heteroatoms. The van der Waals surface area contributed by atoms with E-state index in [0.29, 0.717) is 40.4 Å². The molecule has 0 aliphatic rings. The fourth-order valence-electron chi connectivity index (χ4n) is 3.55. The van der Waals surface area contributed by atoms with Crippen molar-refractivity contribution in [2.75, 3.05) is 14.2 Å². The molecule has 4 rings (SSSR count). The molecule has 0 spiro atoms. The van der Waals surface area contributed by atoms with Crippen molar-refractivity contribution in [3.63, 3.8) is 0 Å². The van der Waals surface area contributed by atoms with Crippen LogP contribution in [0.4, 0.5) is 0 Å². The Kier molecular flexibility index (Phi) is 4.99. The van der Waals surface area contributed by atoms with Crippen molar-refractivity contribution < 1.29 is 18.5 Å². The number of nitrogens with zero attached hydrogens (tertiary/aromatic N) is 4. The number of furan rings is 1. The summed E-state index contributed by atoms with van der Waals surface area (Å²) in [6, 6.07) is 5.25. The van der Waals surface area contributed by atoms with E-state index in [1.807, 2.05) is 13.8 Å². The maximum atomic E-state index is 13.4. The monoisotopic (exact) mass is 406 g/mol. The van der Waals surface area contributed by atoms with E-state index in [2.05, 4.69) is 15.1 Å². The fourth-order valence-corrected chi connectivity index (χ4v) is 3.55. The lowest BCUT2D eigenvalue weighted by Crippen LogP contribution is -2.27. The predicted molar refractivity (Wildman–Crippen MR) is 110 cm³/mol. The second kappa shape index (κ2) is 7.62. The highest BCUT2D eigenvalue weighted by molar-refractivity contribution is 6.06. The summed E-state index contributed by atoms with van der Waals surface area (Å²) in [5.41, 5.74) is 4.49. The lowest BCUT2D eigenvalue weighted by atomic mass is 10.1. The molecule has 0 bridgehead atoms. The normalized spacial score (nSPS) is 11.1. The lowest BCUT2D eigenvalue weighted by molar-refractivity contribution is 0.0785. The van der Waals surface area contributed by atoms with Crippen molar-refractivity contribution >= 4 is 17.0 Å². The molecule has 0 N–H and O–H groups in total. The molecule has 154 valence electrons. The summed E-state index contributed by atoms with van der Waals surface area (Å²) in [5, 5.41) is 4.57. The third-order valence-corrected chi connectivity index (χ3v) is 5.10. The smallest absolute Gasteiger partial charge is 0.259 e. The summed E-state index contributed by atoms with van der Waals surface area (Å²) in [7, 11) is 3.37. The Labute approximate surface area is 173 Å². The lowest BCUT2D eigenvalue weighted by Gasteiger charge is -2.20. The Morgan fingerprint density at radius 1 is 1.27 bits per heavy atom. The highest BCUT2D eigenvalue weighted by atomic mass is 16.5. The van der Waals surface area contributed by atoms with Crippen LogP contribution in [-0.2, 0) is 6.54 Å². The molecule has 4 aromatic rings. The molecule has 8 nitrogen and oxygen atoms in total. The summed E-state index contributed by atoms with van der Waals surface area (Å²) < 4.78 is 16.3. The molecule has 0 aliphatic carbocycles. The minimum absolute atomic E-state index is 0.192. The van der Waals surface area contributed by atoms with Gasteiger partial charge in [0.25, 0.3) is 11.6 Å². The molecule has 1 amide bonds. The van der Waals surface area contributed by atoms with Gasteiger partial charge >= 0.3 is 0 Å². The molecule has 0 radical (unpaired) electrons. The van der Waals surface area contributed by atoms with E-state index >= 15 is 0 Å². The first-order valence-corrected chi connectivity index (χ1v) is 9.46. The molecule has 0 saturated carbocycles. The van der Waals surface area contributed by atoms with Gasteiger partial charge in [-0.25, -0.2) is 4.98 Å². The summed E-state index contributed by atoms with van der Waals surface area (Å²) in [4.78, 5) is 24.0. The first kappa shape index (κ1) is 19.6. The molecule has 0 atom stereocenters. The minimum atomic E-state index is -0.192. The first-order valence-electron chi connectivity index (χ1n) is 9.46. The molecule has 0 unspecified atom stereocenters. The van der Waals surface area contributed by atoms with Gasteiger partial charge in [0.15, 0.2) is 5.76 Å². The van der Waals surface area contributed by atoms with Gasteiger partial charge < -0.3 is 18.6 Å². The molecule has 0 fully saturated rings. The molecule has 4 heterocycles. The van der Waals surface area contributed by atoms with Crippen molar-refractivity contribution in [2.45, 2.75) is 27.3 Å². The van der Waals surface area contributed by atoms with Crippen molar-refractivity contribution in [1.82, 2.24) is 20.0 Å². The molecular weight excluding hydrogens is 384 g/mol.